The van der Waals surface area contributed by atoms with Crippen molar-refractivity contribution in [3.05, 3.63) is 23.9 Å². The molecule has 6 heteroatoms. The van der Waals surface area contributed by atoms with Gasteiger partial charge in [0, 0.05) is 25.2 Å². The highest BCUT2D eigenvalue weighted by molar-refractivity contribution is 5.77. The normalized spacial score (nSPS) is 22.4. The number of nitrogens with two attached hydrogens (primary N) is 1. The molecule has 0 radical (unpaired) electrons. The van der Waals surface area contributed by atoms with Gasteiger partial charge in [-0.25, -0.2) is 9.98 Å². The number of hydrogen-bond donors (Lipinski definition) is 2. The Morgan fingerprint density at radius 3 is 3.09 bits per heavy atom. The van der Waals surface area contributed by atoms with Crippen LogP contribution in [0.4, 0.5) is 0 Å². The van der Waals surface area contributed by atoms with Crippen LogP contribution in [0.25, 0.3) is 0 Å². The van der Waals surface area contributed by atoms with Crippen molar-refractivity contribution >= 4 is 5.96 Å². The average molecular weight is 304 g/mol. The van der Waals surface area contributed by atoms with Crippen LogP contribution in [0, 0.1) is 5.92 Å². The van der Waals surface area contributed by atoms with Crippen molar-refractivity contribution in [2.24, 2.45) is 16.6 Å². The molecule has 1 aliphatic heterocycles. The van der Waals surface area contributed by atoms with Gasteiger partial charge in [-0.1, -0.05) is 6.42 Å². The fraction of sp³-hybridized carbons (Fsp3) is 0.625. The Balaban J connectivity index is 1.48. The van der Waals surface area contributed by atoms with Crippen LogP contribution in [0.1, 0.15) is 31.2 Å². The fourth-order valence-electron chi connectivity index (χ4n) is 2.57. The lowest BCUT2D eigenvalue weighted by molar-refractivity contribution is 0.138. The summed E-state index contributed by atoms with van der Waals surface area (Å²) in [5.74, 6) is 1.91. The van der Waals surface area contributed by atoms with Gasteiger partial charge in [0.1, 0.15) is 6.10 Å². The molecule has 1 unspecified atom stereocenters. The number of guanidine groups is 1. The Labute approximate surface area is 131 Å². The van der Waals surface area contributed by atoms with E-state index in [0.29, 0.717) is 25.0 Å². The standard InChI is InChI=1S/C16H24N4O2/c17-16(19-9-12-2-1-3-12)20-10-13-4-6-18-15(8-13)22-14-5-7-21-11-14/h4,6,8,12,14H,1-3,5,7,9-11H2,(H3,17,19,20). The average Bonchev–Trinajstić information content (AvgIpc) is 2.97. The summed E-state index contributed by atoms with van der Waals surface area (Å²) < 4.78 is 11.1. The maximum absolute atomic E-state index is 5.89. The zero-order valence-electron chi connectivity index (χ0n) is 12.8. The van der Waals surface area contributed by atoms with Gasteiger partial charge < -0.3 is 20.5 Å². The summed E-state index contributed by atoms with van der Waals surface area (Å²) in [6.07, 6.45) is 6.72. The van der Waals surface area contributed by atoms with Crippen LogP contribution in [-0.2, 0) is 11.3 Å². The van der Waals surface area contributed by atoms with Crippen molar-refractivity contribution in [2.75, 3.05) is 19.8 Å². The molecule has 1 saturated carbocycles. The molecular formula is C16H24N4O2. The lowest BCUT2D eigenvalue weighted by Crippen LogP contribution is -2.37. The number of aromatic nitrogens is 1. The Morgan fingerprint density at radius 2 is 2.36 bits per heavy atom. The number of nitrogens with one attached hydrogen (secondary N) is 1. The SMILES string of the molecule is NC(=NCc1ccnc(OC2CCOC2)c1)NCC1CCC1. The molecule has 1 saturated heterocycles. The molecule has 1 aromatic rings. The van der Waals surface area contributed by atoms with Crippen molar-refractivity contribution in [3.8, 4) is 5.88 Å². The van der Waals surface area contributed by atoms with Crippen LogP contribution in [0.15, 0.2) is 23.3 Å². The Bertz CT molecular complexity index is 511. The van der Waals surface area contributed by atoms with Gasteiger partial charge in [-0.15, -0.1) is 0 Å². The van der Waals surface area contributed by atoms with Crippen molar-refractivity contribution in [1.82, 2.24) is 10.3 Å². The molecule has 0 spiro atoms. The highest BCUT2D eigenvalue weighted by Gasteiger charge is 2.18. The first kappa shape index (κ1) is 15.1. The molecule has 2 fully saturated rings. The molecule has 0 amide bonds. The van der Waals surface area contributed by atoms with Crippen LogP contribution >= 0.6 is 0 Å². The van der Waals surface area contributed by atoms with E-state index in [9.17, 15) is 0 Å². The maximum atomic E-state index is 5.89. The van der Waals surface area contributed by atoms with E-state index in [-0.39, 0.29) is 6.10 Å². The van der Waals surface area contributed by atoms with Crippen molar-refractivity contribution in [1.29, 1.82) is 0 Å². The van der Waals surface area contributed by atoms with Gasteiger partial charge in [0.2, 0.25) is 5.88 Å². The predicted octanol–water partition coefficient (Wildman–Crippen LogP) is 1.45. The number of aliphatic imine (C=N–C) groups is 1. The minimum atomic E-state index is 0.112. The van der Waals surface area contributed by atoms with Crippen molar-refractivity contribution in [2.45, 2.75) is 38.3 Å². The maximum Gasteiger partial charge on any atom is 0.213 e. The number of nitrogens with zero attached hydrogens (tertiary/aromatic N) is 2. The van der Waals surface area contributed by atoms with E-state index < -0.39 is 0 Å². The first-order chi connectivity index (χ1) is 10.8. The minimum Gasteiger partial charge on any atom is -0.472 e. The quantitative estimate of drug-likeness (QED) is 0.614. The van der Waals surface area contributed by atoms with Crippen LogP contribution < -0.4 is 15.8 Å². The first-order valence-electron chi connectivity index (χ1n) is 8.03. The zero-order chi connectivity index (χ0) is 15.2. The molecule has 0 bridgehead atoms. The summed E-state index contributed by atoms with van der Waals surface area (Å²) >= 11 is 0. The summed E-state index contributed by atoms with van der Waals surface area (Å²) in [5.41, 5.74) is 6.93. The summed E-state index contributed by atoms with van der Waals surface area (Å²) in [4.78, 5) is 8.61. The Hall–Kier alpha value is -1.82. The van der Waals surface area contributed by atoms with Gasteiger partial charge in [0.15, 0.2) is 5.96 Å². The van der Waals surface area contributed by atoms with Gasteiger partial charge in [-0.2, -0.15) is 0 Å². The third-order valence-corrected chi connectivity index (χ3v) is 4.20. The monoisotopic (exact) mass is 304 g/mol. The molecule has 1 atom stereocenters. The smallest absolute Gasteiger partial charge is 0.213 e. The Kier molecular flexibility index (Phi) is 5.11. The molecule has 6 nitrogen and oxygen atoms in total. The molecule has 120 valence electrons. The topological polar surface area (TPSA) is 81.8 Å². The second kappa shape index (κ2) is 7.45. The van der Waals surface area contributed by atoms with E-state index in [1.165, 1.54) is 19.3 Å². The van der Waals surface area contributed by atoms with Crippen LogP contribution in [0.3, 0.4) is 0 Å². The minimum absolute atomic E-state index is 0.112. The largest absolute Gasteiger partial charge is 0.472 e. The molecule has 1 aliphatic carbocycles. The molecule has 3 N–H and O–H groups in total. The highest BCUT2D eigenvalue weighted by Crippen LogP contribution is 2.25. The van der Waals surface area contributed by atoms with Crippen LogP contribution in [0.5, 0.6) is 5.88 Å². The van der Waals surface area contributed by atoms with E-state index in [1.807, 2.05) is 12.1 Å². The van der Waals surface area contributed by atoms with E-state index >= 15 is 0 Å². The van der Waals surface area contributed by atoms with Gasteiger partial charge in [0.25, 0.3) is 0 Å². The number of ether oxygens (including phenoxy) is 2. The molecule has 3 rings (SSSR count). The zero-order valence-corrected chi connectivity index (χ0v) is 12.8. The molecule has 2 heterocycles. The molecule has 0 aromatic carbocycles. The van der Waals surface area contributed by atoms with Gasteiger partial charge in [-0.05, 0) is 30.4 Å². The van der Waals surface area contributed by atoms with Gasteiger partial charge >= 0.3 is 0 Å². The lowest BCUT2D eigenvalue weighted by Gasteiger charge is -2.25. The molecule has 22 heavy (non-hydrogen) atoms. The fourth-order valence-corrected chi connectivity index (χ4v) is 2.57. The van der Waals surface area contributed by atoms with Crippen LogP contribution in [0.2, 0.25) is 0 Å². The van der Waals surface area contributed by atoms with E-state index in [1.54, 1.807) is 6.20 Å². The molecular weight excluding hydrogens is 280 g/mol. The van der Waals surface area contributed by atoms with E-state index in [0.717, 1.165) is 31.1 Å². The van der Waals surface area contributed by atoms with E-state index in [4.69, 9.17) is 15.2 Å². The number of hydrogen-bond acceptors (Lipinski definition) is 4. The number of pyridine rings is 1. The van der Waals surface area contributed by atoms with Gasteiger partial charge in [-0.3, -0.25) is 0 Å². The van der Waals surface area contributed by atoms with E-state index in [2.05, 4.69) is 15.3 Å². The summed E-state index contributed by atoms with van der Waals surface area (Å²) in [6.45, 7) is 2.87. The third kappa shape index (κ3) is 4.34. The predicted molar refractivity (Wildman–Crippen MR) is 84.8 cm³/mol. The number of rotatable bonds is 6. The molecule has 1 aromatic heterocycles. The van der Waals surface area contributed by atoms with Gasteiger partial charge in [0.05, 0.1) is 19.8 Å². The third-order valence-electron chi connectivity index (χ3n) is 4.20. The summed E-state index contributed by atoms with van der Waals surface area (Å²) in [6, 6.07) is 3.85. The van der Waals surface area contributed by atoms with Crippen molar-refractivity contribution < 1.29 is 9.47 Å². The first-order valence-corrected chi connectivity index (χ1v) is 8.03. The van der Waals surface area contributed by atoms with Crippen LogP contribution in [-0.4, -0.2) is 36.8 Å². The highest BCUT2D eigenvalue weighted by atomic mass is 16.5. The second-order valence-corrected chi connectivity index (χ2v) is 5.99. The lowest BCUT2D eigenvalue weighted by atomic mass is 9.85. The summed E-state index contributed by atoms with van der Waals surface area (Å²) in [7, 11) is 0. The second-order valence-electron chi connectivity index (χ2n) is 5.99. The van der Waals surface area contributed by atoms with Crippen molar-refractivity contribution in [3.63, 3.8) is 0 Å². The Morgan fingerprint density at radius 1 is 1.45 bits per heavy atom. The summed E-state index contributed by atoms with van der Waals surface area (Å²) in [5, 5.41) is 3.19. The molecule has 2 aliphatic rings.